The maximum absolute atomic E-state index is 11.8. The van der Waals surface area contributed by atoms with Crippen LogP contribution in [0.3, 0.4) is 0 Å². The number of carbonyl (C=O) groups excluding carboxylic acids is 1. The predicted octanol–water partition coefficient (Wildman–Crippen LogP) is 1.93. The van der Waals surface area contributed by atoms with Crippen molar-refractivity contribution >= 4 is 17.7 Å². The predicted molar refractivity (Wildman–Crippen MR) is 72.5 cm³/mol. The second kappa shape index (κ2) is 5.73. The second-order valence-electron chi connectivity index (χ2n) is 4.75. The van der Waals surface area contributed by atoms with Gasteiger partial charge in [-0.05, 0) is 37.0 Å². The Labute approximate surface area is 112 Å². The first-order chi connectivity index (χ1) is 9.08. The van der Waals surface area contributed by atoms with Crippen molar-refractivity contribution in [2.45, 2.75) is 26.2 Å². The van der Waals surface area contributed by atoms with E-state index in [1.807, 2.05) is 25.1 Å². The van der Waals surface area contributed by atoms with Gasteiger partial charge in [0.15, 0.2) is 0 Å². The zero-order valence-corrected chi connectivity index (χ0v) is 11.0. The van der Waals surface area contributed by atoms with Gasteiger partial charge >= 0.3 is 12.0 Å². The van der Waals surface area contributed by atoms with Gasteiger partial charge in [-0.2, -0.15) is 0 Å². The van der Waals surface area contributed by atoms with E-state index < -0.39 is 5.97 Å². The maximum Gasteiger partial charge on any atom is 0.321 e. The number of anilines is 1. The first-order valence-electron chi connectivity index (χ1n) is 6.44. The molecule has 0 atom stereocenters. The van der Waals surface area contributed by atoms with Crippen LogP contribution in [0.5, 0.6) is 0 Å². The third-order valence-electron chi connectivity index (χ3n) is 3.27. The van der Waals surface area contributed by atoms with Crippen LogP contribution in [-0.2, 0) is 11.2 Å². The molecule has 0 radical (unpaired) electrons. The Balaban J connectivity index is 2.21. The first-order valence-corrected chi connectivity index (χ1v) is 6.44. The van der Waals surface area contributed by atoms with Gasteiger partial charge in [0.2, 0.25) is 0 Å². The van der Waals surface area contributed by atoms with Crippen molar-refractivity contribution in [3.63, 3.8) is 0 Å². The summed E-state index contributed by atoms with van der Waals surface area (Å²) in [5.41, 5.74) is 2.84. The minimum atomic E-state index is -0.808. The molecule has 1 saturated heterocycles. The molecule has 2 amide bonds. The van der Waals surface area contributed by atoms with E-state index in [9.17, 15) is 9.59 Å². The van der Waals surface area contributed by atoms with Crippen molar-refractivity contribution in [3.05, 3.63) is 29.3 Å². The number of hydrogen-bond donors (Lipinski definition) is 2. The summed E-state index contributed by atoms with van der Waals surface area (Å²) in [6, 6.07) is 5.70. The van der Waals surface area contributed by atoms with Crippen molar-refractivity contribution in [1.29, 1.82) is 0 Å². The SMILES string of the molecule is Cc1ccc(CCC(=O)O)cc1N1CCCNC1=O. The fourth-order valence-electron chi connectivity index (χ4n) is 2.21. The molecule has 5 heteroatoms. The zero-order valence-electron chi connectivity index (χ0n) is 11.0. The Morgan fingerprint density at radius 2 is 2.26 bits per heavy atom. The lowest BCUT2D eigenvalue weighted by Gasteiger charge is -2.29. The van der Waals surface area contributed by atoms with Crippen molar-refractivity contribution in [1.82, 2.24) is 5.32 Å². The van der Waals surface area contributed by atoms with Crippen molar-refractivity contribution in [2.75, 3.05) is 18.0 Å². The maximum atomic E-state index is 11.8. The molecule has 5 nitrogen and oxygen atoms in total. The van der Waals surface area contributed by atoms with E-state index in [0.717, 1.165) is 23.2 Å². The summed E-state index contributed by atoms with van der Waals surface area (Å²) in [7, 11) is 0. The highest BCUT2D eigenvalue weighted by Crippen LogP contribution is 2.24. The highest BCUT2D eigenvalue weighted by molar-refractivity contribution is 5.93. The van der Waals surface area contributed by atoms with Crippen molar-refractivity contribution in [3.8, 4) is 0 Å². The number of carbonyl (C=O) groups is 2. The molecule has 1 fully saturated rings. The number of nitrogens with zero attached hydrogens (tertiary/aromatic N) is 1. The normalized spacial score (nSPS) is 15.2. The van der Waals surface area contributed by atoms with Gasteiger partial charge in [0.25, 0.3) is 0 Å². The number of carboxylic acids is 1. The molecule has 2 N–H and O–H groups in total. The van der Waals surface area contributed by atoms with Crippen molar-refractivity contribution in [2.24, 2.45) is 0 Å². The van der Waals surface area contributed by atoms with E-state index in [0.29, 0.717) is 19.5 Å². The Morgan fingerprint density at radius 3 is 2.95 bits per heavy atom. The van der Waals surface area contributed by atoms with Gasteiger partial charge in [0.1, 0.15) is 0 Å². The topological polar surface area (TPSA) is 69.6 Å². The van der Waals surface area contributed by atoms with Gasteiger partial charge in [-0.15, -0.1) is 0 Å². The number of carboxylic acid groups (broad SMARTS) is 1. The number of nitrogens with one attached hydrogen (secondary N) is 1. The molecule has 0 saturated carbocycles. The van der Waals surface area contributed by atoms with Crippen LogP contribution in [0.4, 0.5) is 10.5 Å². The Hall–Kier alpha value is -2.04. The number of aliphatic carboxylic acids is 1. The summed E-state index contributed by atoms with van der Waals surface area (Å²) in [5, 5.41) is 11.5. The second-order valence-corrected chi connectivity index (χ2v) is 4.75. The van der Waals surface area contributed by atoms with Crippen LogP contribution in [0, 0.1) is 6.92 Å². The molecule has 1 aliphatic rings. The average molecular weight is 262 g/mol. The van der Waals surface area contributed by atoms with Gasteiger partial charge in [-0.25, -0.2) is 4.79 Å². The van der Waals surface area contributed by atoms with E-state index >= 15 is 0 Å². The van der Waals surface area contributed by atoms with Crippen LogP contribution >= 0.6 is 0 Å². The summed E-state index contributed by atoms with van der Waals surface area (Å²) in [6.07, 6.45) is 1.51. The molecule has 2 rings (SSSR count). The summed E-state index contributed by atoms with van der Waals surface area (Å²) >= 11 is 0. The van der Waals surface area contributed by atoms with E-state index in [2.05, 4.69) is 5.32 Å². The summed E-state index contributed by atoms with van der Waals surface area (Å²) in [6.45, 7) is 3.38. The van der Waals surface area contributed by atoms with Gasteiger partial charge < -0.3 is 10.4 Å². The number of rotatable bonds is 4. The van der Waals surface area contributed by atoms with Crippen molar-refractivity contribution < 1.29 is 14.7 Å². The molecule has 0 aliphatic carbocycles. The molecule has 1 aromatic rings. The van der Waals surface area contributed by atoms with Crippen LogP contribution in [0.15, 0.2) is 18.2 Å². The third-order valence-corrected chi connectivity index (χ3v) is 3.27. The fraction of sp³-hybridized carbons (Fsp3) is 0.429. The van der Waals surface area contributed by atoms with Gasteiger partial charge in [0, 0.05) is 25.2 Å². The molecule has 19 heavy (non-hydrogen) atoms. The summed E-state index contributed by atoms with van der Waals surface area (Å²) < 4.78 is 0. The molecular formula is C14H18N2O3. The Bertz CT molecular complexity index is 499. The van der Waals surface area contributed by atoms with E-state index in [4.69, 9.17) is 5.11 Å². The molecule has 0 unspecified atom stereocenters. The zero-order chi connectivity index (χ0) is 13.8. The lowest BCUT2D eigenvalue weighted by atomic mass is 10.0. The number of amides is 2. The average Bonchev–Trinajstić information content (AvgIpc) is 2.38. The largest absolute Gasteiger partial charge is 0.481 e. The van der Waals surface area contributed by atoms with Crippen LogP contribution < -0.4 is 10.2 Å². The molecule has 0 spiro atoms. The minimum Gasteiger partial charge on any atom is -0.481 e. The molecule has 102 valence electrons. The molecule has 0 aromatic heterocycles. The summed E-state index contributed by atoms with van der Waals surface area (Å²) in [5.74, 6) is -0.808. The van der Waals surface area contributed by atoms with E-state index in [1.54, 1.807) is 4.90 Å². The van der Waals surface area contributed by atoms with Crippen LogP contribution in [-0.4, -0.2) is 30.2 Å². The van der Waals surface area contributed by atoms with E-state index in [1.165, 1.54) is 0 Å². The van der Waals surface area contributed by atoms with E-state index in [-0.39, 0.29) is 12.5 Å². The standard InChI is InChI=1S/C14H18N2O3/c1-10-3-4-11(5-6-13(17)18)9-12(10)16-8-2-7-15-14(16)19/h3-4,9H,2,5-8H2,1H3,(H,15,19)(H,17,18). The summed E-state index contributed by atoms with van der Waals surface area (Å²) in [4.78, 5) is 24.2. The monoisotopic (exact) mass is 262 g/mol. The highest BCUT2D eigenvalue weighted by Gasteiger charge is 2.20. The molecular weight excluding hydrogens is 244 g/mol. The number of hydrogen-bond acceptors (Lipinski definition) is 2. The molecule has 0 bridgehead atoms. The smallest absolute Gasteiger partial charge is 0.321 e. The minimum absolute atomic E-state index is 0.0789. The van der Waals surface area contributed by atoms with Gasteiger partial charge in [0.05, 0.1) is 0 Å². The molecule has 1 heterocycles. The Morgan fingerprint density at radius 1 is 1.47 bits per heavy atom. The molecule has 1 aromatic carbocycles. The quantitative estimate of drug-likeness (QED) is 0.871. The van der Waals surface area contributed by atoms with Crippen LogP contribution in [0.1, 0.15) is 24.0 Å². The molecule has 1 aliphatic heterocycles. The highest BCUT2D eigenvalue weighted by atomic mass is 16.4. The number of aryl methyl sites for hydroxylation is 2. The number of benzene rings is 1. The van der Waals surface area contributed by atoms with Gasteiger partial charge in [-0.1, -0.05) is 12.1 Å². The fourth-order valence-corrected chi connectivity index (χ4v) is 2.21. The lowest BCUT2D eigenvalue weighted by molar-refractivity contribution is -0.136. The van der Waals surface area contributed by atoms with Crippen LogP contribution in [0.25, 0.3) is 0 Å². The number of urea groups is 1. The first kappa shape index (κ1) is 13.4. The Kier molecular flexibility index (Phi) is 4.04. The van der Waals surface area contributed by atoms with Crippen LogP contribution in [0.2, 0.25) is 0 Å². The van der Waals surface area contributed by atoms with Gasteiger partial charge in [-0.3, -0.25) is 9.69 Å². The third kappa shape index (κ3) is 3.24. The lowest BCUT2D eigenvalue weighted by Crippen LogP contribution is -2.46.